The number of anilines is 1. The summed E-state index contributed by atoms with van der Waals surface area (Å²) in [6, 6.07) is 13.0. The third kappa shape index (κ3) is 2.78. The van der Waals surface area contributed by atoms with Crippen LogP contribution in [-0.2, 0) is 10.2 Å². The number of carbonyl (C=O) groups excluding carboxylic acids is 1. The first-order chi connectivity index (χ1) is 10.0. The van der Waals surface area contributed by atoms with Crippen LogP contribution in [0, 0.1) is 6.92 Å². The summed E-state index contributed by atoms with van der Waals surface area (Å²) in [6.45, 7) is 1.95. The Labute approximate surface area is 134 Å². The van der Waals surface area contributed by atoms with Gasteiger partial charge < -0.3 is 5.32 Å². The Bertz CT molecular complexity index is 708. The van der Waals surface area contributed by atoms with E-state index >= 15 is 0 Å². The second-order valence-corrected chi connectivity index (χ2v) is 6.38. The molecule has 0 saturated heterocycles. The molecule has 1 amide bonds. The van der Waals surface area contributed by atoms with Gasteiger partial charge in [0.1, 0.15) is 0 Å². The quantitative estimate of drug-likeness (QED) is 0.850. The molecule has 108 valence electrons. The van der Waals surface area contributed by atoms with Crippen LogP contribution in [0.5, 0.6) is 0 Å². The first kappa shape index (κ1) is 14.4. The number of amides is 1. The average molecular weight is 320 g/mol. The van der Waals surface area contributed by atoms with Crippen molar-refractivity contribution in [1.82, 2.24) is 0 Å². The van der Waals surface area contributed by atoms with E-state index in [-0.39, 0.29) is 5.91 Å². The number of halogens is 2. The Hall–Kier alpha value is -1.51. The topological polar surface area (TPSA) is 29.1 Å². The smallest absolute Gasteiger partial charge is 0.235 e. The fourth-order valence-electron chi connectivity index (χ4n) is 2.53. The minimum absolute atomic E-state index is 0.00938. The Morgan fingerprint density at radius 3 is 2.48 bits per heavy atom. The lowest BCUT2D eigenvalue weighted by molar-refractivity contribution is -0.118. The molecule has 1 N–H and O–H groups in total. The molecule has 0 atom stereocenters. The number of aryl methyl sites for hydroxylation is 1. The Morgan fingerprint density at radius 2 is 1.81 bits per heavy atom. The zero-order chi connectivity index (χ0) is 15.0. The van der Waals surface area contributed by atoms with E-state index in [0.717, 1.165) is 29.7 Å². The van der Waals surface area contributed by atoms with E-state index < -0.39 is 5.41 Å². The van der Waals surface area contributed by atoms with E-state index in [1.165, 1.54) is 0 Å². The average Bonchev–Trinajstić information content (AvgIpc) is 3.24. The number of carbonyl (C=O) groups is 1. The fourth-order valence-corrected chi connectivity index (χ4v) is 2.89. The third-order valence-corrected chi connectivity index (χ3v) is 4.48. The molecule has 1 saturated carbocycles. The number of rotatable bonds is 3. The SMILES string of the molecule is Cc1ccc(Cl)cc1NC(=O)C1(c2cccc(Cl)c2)CC1. The predicted molar refractivity (Wildman–Crippen MR) is 87.2 cm³/mol. The van der Waals surface area contributed by atoms with Gasteiger partial charge >= 0.3 is 0 Å². The van der Waals surface area contributed by atoms with E-state index in [9.17, 15) is 4.79 Å². The van der Waals surface area contributed by atoms with Crippen LogP contribution in [0.4, 0.5) is 5.69 Å². The molecule has 2 aromatic carbocycles. The van der Waals surface area contributed by atoms with Crippen molar-refractivity contribution in [3.8, 4) is 0 Å². The molecule has 1 aliphatic carbocycles. The summed E-state index contributed by atoms with van der Waals surface area (Å²) in [5.41, 5.74) is 2.29. The van der Waals surface area contributed by atoms with Gasteiger partial charge in [-0.25, -0.2) is 0 Å². The zero-order valence-corrected chi connectivity index (χ0v) is 13.1. The number of nitrogens with one attached hydrogen (secondary N) is 1. The van der Waals surface area contributed by atoms with Crippen LogP contribution in [0.25, 0.3) is 0 Å². The lowest BCUT2D eigenvalue weighted by Crippen LogP contribution is -2.28. The monoisotopic (exact) mass is 319 g/mol. The predicted octanol–water partition coefficient (Wildman–Crippen LogP) is 4.97. The van der Waals surface area contributed by atoms with Gasteiger partial charge in [0.05, 0.1) is 5.41 Å². The molecule has 2 aromatic rings. The minimum atomic E-state index is -0.445. The molecule has 1 fully saturated rings. The molecule has 0 heterocycles. The van der Waals surface area contributed by atoms with Crippen LogP contribution < -0.4 is 5.32 Å². The largest absolute Gasteiger partial charge is 0.325 e. The zero-order valence-electron chi connectivity index (χ0n) is 11.6. The van der Waals surface area contributed by atoms with Crippen molar-refractivity contribution in [2.75, 3.05) is 5.32 Å². The van der Waals surface area contributed by atoms with E-state index in [2.05, 4.69) is 5.32 Å². The molecule has 0 radical (unpaired) electrons. The van der Waals surface area contributed by atoms with Crippen molar-refractivity contribution in [3.05, 3.63) is 63.6 Å². The summed E-state index contributed by atoms with van der Waals surface area (Å²) in [6.07, 6.45) is 1.69. The number of hydrogen-bond acceptors (Lipinski definition) is 1. The highest BCUT2D eigenvalue weighted by atomic mass is 35.5. The fraction of sp³-hybridized carbons (Fsp3) is 0.235. The molecular formula is C17H15Cl2NO. The van der Waals surface area contributed by atoms with Crippen molar-refractivity contribution in [2.24, 2.45) is 0 Å². The lowest BCUT2D eigenvalue weighted by Gasteiger charge is -2.17. The van der Waals surface area contributed by atoms with Crippen molar-refractivity contribution >= 4 is 34.8 Å². The van der Waals surface area contributed by atoms with Gasteiger partial charge in [0.2, 0.25) is 5.91 Å². The van der Waals surface area contributed by atoms with E-state index in [1.54, 1.807) is 6.07 Å². The number of hydrogen-bond donors (Lipinski definition) is 1. The lowest BCUT2D eigenvalue weighted by atomic mass is 9.95. The van der Waals surface area contributed by atoms with Crippen LogP contribution in [0.15, 0.2) is 42.5 Å². The molecule has 0 aromatic heterocycles. The van der Waals surface area contributed by atoms with Crippen molar-refractivity contribution < 1.29 is 4.79 Å². The van der Waals surface area contributed by atoms with E-state index in [1.807, 2.05) is 43.3 Å². The van der Waals surface area contributed by atoms with Crippen LogP contribution in [0.3, 0.4) is 0 Å². The van der Waals surface area contributed by atoms with Crippen molar-refractivity contribution in [2.45, 2.75) is 25.2 Å². The first-order valence-corrected chi connectivity index (χ1v) is 7.60. The van der Waals surface area contributed by atoms with Gasteiger partial charge in [-0.1, -0.05) is 41.4 Å². The summed E-state index contributed by atoms with van der Waals surface area (Å²) in [5.74, 6) is 0.00938. The Balaban J connectivity index is 1.87. The molecule has 4 heteroatoms. The van der Waals surface area contributed by atoms with Crippen LogP contribution in [0.1, 0.15) is 24.0 Å². The molecular weight excluding hydrogens is 305 g/mol. The molecule has 3 rings (SSSR count). The standard InChI is InChI=1S/C17H15Cl2NO/c1-11-5-6-14(19)10-15(11)20-16(21)17(7-8-17)12-3-2-4-13(18)9-12/h2-6,9-10H,7-8H2,1H3,(H,20,21). The summed E-state index contributed by atoms with van der Waals surface area (Å²) in [4.78, 5) is 12.7. The maximum atomic E-state index is 12.7. The minimum Gasteiger partial charge on any atom is -0.325 e. The third-order valence-electron chi connectivity index (χ3n) is 4.01. The normalized spacial score (nSPS) is 15.6. The molecule has 0 unspecified atom stereocenters. The summed E-state index contributed by atoms with van der Waals surface area (Å²) in [7, 11) is 0. The molecule has 2 nitrogen and oxygen atoms in total. The molecule has 1 aliphatic rings. The highest BCUT2D eigenvalue weighted by molar-refractivity contribution is 6.31. The van der Waals surface area contributed by atoms with Gasteiger partial charge in [0.15, 0.2) is 0 Å². The summed E-state index contributed by atoms with van der Waals surface area (Å²) < 4.78 is 0. The Morgan fingerprint density at radius 1 is 1.10 bits per heavy atom. The first-order valence-electron chi connectivity index (χ1n) is 6.85. The summed E-state index contributed by atoms with van der Waals surface area (Å²) in [5, 5.41) is 4.28. The highest BCUT2D eigenvalue weighted by Gasteiger charge is 2.51. The van der Waals surface area contributed by atoms with Crippen LogP contribution >= 0.6 is 23.2 Å². The van der Waals surface area contributed by atoms with E-state index in [0.29, 0.717) is 10.0 Å². The van der Waals surface area contributed by atoms with E-state index in [4.69, 9.17) is 23.2 Å². The Kier molecular flexibility index (Phi) is 3.68. The maximum Gasteiger partial charge on any atom is 0.235 e. The van der Waals surface area contributed by atoms with Gasteiger partial charge in [0, 0.05) is 15.7 Å². The van der Waals surface area contributed by atoms with Gasteiger partial charge in [-0.05, 0) is 55.2 Å². The van der Waals surface area contributed by atoms with Gasteiger partial charge in [-0.15, -0.1) is 0 Å². The molecule has 0 aliphatic heterocycles. The van der Waals surface area contributed by atoms with Gasteiger partial charge in [-0.3, -0.25) is 4.79 Å². The maximum absolute atomic E-state index is 12.7. The second kappa shape index (κ2) is 5.36. The molecule has 0 spiro atoms. The van der Waals surface area contributed by atoms with Crippen LogP contribution in [0.2, 0.25) is 10.0 Å². The molecule has 0 bridgehead atoms. The second-order valence-electron chi connectivity index (χ2n) is 5.51. The van der Waals surface area contributed by atoms with Gasteiger partial charge in [-0.2, -0.15) is 0 Å². The van der Waals surface area contributed by atoms with Crippen molar-refractivity contribution in [1.29, 1.82) is 0 Å². The molecule has 21 heavy (non-hydrogen) atoms. The highest BCUT2D eigenvalue weighted by Crippen LogP contribution is 2.49. The number of benzene rings is 2. The summed E-state index contributed by atoms with van der Waals surface area (Å²) >= 11 is 12.0. The van der Waals surface area contributed by atoms with Crippen LogP contribution in [-0.4, -0.2) is 5.91 Å². The van der Waals surface area contributed by atoms with Gasteiger partial charge in [0.25, 0.3) is 0 Å². The van der Waals surface area contributed by atoms with Crippen molar-refractivity contribution in [3.63, 3.8) is 0 Å².